The molecule has 1 aromatic carbocycles. The molecule has 0 amide bonds. The number of aliphatic imine (C=N–C) groups is 1. The minimum atomic E-state index is 0.225. The quantitative estimate of drug-likeness (QED) is 0.354. The van der Waals surface area contributed by atoms with Crippen LogP contribution < -0.4 is 10.6 Å². The second-order valence-corrected chi connectivity index (χ2v) is 7.91. The van der Waals surface area contributed by atoms with Crippen LogP contribution >= 0.6 is 11.6 Å². The number of rotatable bonds is 10. The average Bonchev–Trinajstić information content (AvgIpc) is 3.54. The standard InChI is InChI=1S/C21H33ClN4O2/c1-23-21(24-8-3-11-28-16-17-6-7-17)25-15-20(26-9-12-27-13-10-26)18-4-2-5-19(22)14-18/h2,4-5,14,17,20H,3,6-13,15-16H2,1H3,(H2,23,24,25). The molecule has 2 fully saturated rings. The van der Waals surface area contributed by atoms with E-state index in [4.69, 9.17) is 21.1 Å². The van der Waals surface area contributed by atoms with Crippen molar-refractivity contribution < 1.29 is 9.47 Å². The normalized spacial score (nSPS) is 19.4. The van der Waals surface area contributed by atoms with E-state index in [-0.39, 0.29) is 6.04 Å². The highest BCUT2D eigenvalue weighted by molar-refractivity contribution is 6.30. The summed E-state index contributed by atoms with van der Waals surface area (Å²) in [6.45, 7) is 6.72. The fraction of sp³-hybridized carbons (Fsp3) is 0.667. The van der Waals surface area contributed by atoms with Gasteiger partial charge < -0.3 is 20.1 Å². The van der Waals surface area contributed by atoms with Gasteiger partial charge in [0.2, 0.25) is 0 Å². The van der Waals surface area contributed by atoms with Gasteiger partial charge in [0.1, 0.15) is 0 Å². The van der Waals surface area contributed by atoms with Crippen molar-refractivity contribution >= 4 is 17.6 Å². The van der Waals surface area contributed by atoms with Gasteiger partial charge in [-0.3, -0.25) is 9.89 Å². The molecule has 1 heterocycles. The van der Waals surface area contributed by atoms with Gasteiger partial charge in [0.05, 0.1) is 19.3 Å². The zero-order valence-corrected chi connectivity index (χ0v) is 17.6. The minimum absolute atomic E-state index is 0.225. The second kappa shape index (κ2) is 11.6. The Labute approximate surface area is 173 Å². The van der Waals surface area contributed by atoms with Crippen LogP contribution in [0.15, 0.2) is 29.3 Å². The molecule has 1 saturated carbocycles. The Morgan fingerprint density at radius 3 is 2.86 bits per heavy atom. The predicted molar refractivity (Wildman–Crippen MR) is 114 cm³/mol. The van der Waals surface area contributed by atoms with E-state index in [0.717, 1.165) is 75.9 Å². The van der Waals surface area contributed by atoms with Crippen LogP contribution in [-0.4, -0.2) is 70.5 Å². The number of benzene rings is 1. The van der Waals surface area contributed by atoms with Gasteiger partial charge in [0, 0.05) is 51.5 Å². The molecule has 1 unspecified atom stereocenters. The summed E-state index contributed by atoms with van der Waals surface area (Å²) in [7, 11) is 1.81. The number of hydrogen-bond acceptors (Lipinski definition) is 4. The molecule has 1 aliphatic carbocycles. The second-order valence-electron chi connectivity index (χ2n) is 7.47. The smallest absolute Gasteiger partial charge is 0.191 e. The molecule has 2 N–H and O–H groups in total. The van der Waals surface area contributed by atoms with E-state index in [2.05, 4.69) is 32.7 Å². The minimum Gasteiger partial charge on any atom is -0.381 e. The number of ether oxygens (including phenoxy) is 2. The molecular formula is C21H33ClN4O2. The molecule has 28 heavy (non-hydrogen) atoms. The summed E-state index contributed by atoms with van der Waals surface area (Å²) < 4.78 is 11.2. The number of halogens is 1. The molecule has 3 rings (SSSR count). The third-order valence-electron chi connectivity index (χ3n) is 5.21. The molecule has 0 radical (unpaired) electrons. The zero-order chi connectivity index (χ0) is 19.6. The van der Waals surface area contributed by atoms with Gasteiger partial charge in [0.15, 0.2) is 5.96 Å². The van der Waals surface area contributed by atoms with Crippen molar-refractivity contribution in [1.82, 2.24) is 15.5 Å². The topological polar surface area (TPSA) is 58.1 Å². The summed E-state index contributed by atoms with van der Waals surface area (Å²) in [5.74, 6) is 1.65. The van der Waals surface area contributed by atoms with Crippen molar-refractivity contribution in [2.75, 3.05) is 59.7 Å². The summed E-state index contributed by atoms with van der Waals surface area (Å²) >= 11 is 6.24. The van der Waals surface area contributed by atoms with E-state index in [1.807, 2.05) is 19.2 Å². The fourth-order valence-electron chi connectivity index (χ4n) is 3.39. The van der Waals surface area contributed by atoms with Crippen LogP contribution in [0.2, 0.25) is 5.02 Å². The Hall–Kier alpha value is -1.34. The predicted octanol–water partition coefficient (Wildman–Crippen LogP) is 2.70. The van der Waals surface area contributed by atoms with Gasteiger partial charge in [-0.15, -0.1) is 0 Å². The molecule has 6 nitrogen and oxygen atoms in total. The summed E-state index contributed by atoms with van der Waals surface area (Å²) in [6, 6.07) is 8.35. The highest BCUT2D eigenvalue weighted by atomic mass is 35.5. The Morgan fingerprint density at radius 1 is 1.32 bits per heavy atom. The molecule has 7 heteroatoms. The Morgan fingerprint density at radius 2 is 2.14 bits per heavy atom. The number of nitrogens with one attached hydrogen (secondary N) is 2. The van der Waals surface area contributed by atoms with Gasteiger partial charge in [-0.2, -0.15) is 0 Å². The van der Waals surface area contributed by atoms with E-state index in [9.17, 15) is 0 Å². The lowest BCUT2D eigenvalue weighted by Gasteiger charge is -2.35. The lowest BCUT2D eigenvalue weighted by molar-refractivity contribution is 0.0170. The van der Waals surface area contributed by atoms with Gasteiger partial charge in [0.25, 0.3) is 0 Å². The highest BCUT2D eigenvalue weighted by Crippen LogP contribution is 2.28. The molecule has 1 aromatic rings. The van der Waals surface area contributed by atoms with E-state index in [1.165, 1.54) is 18.4 Å². The molecule has 0 spiro atoms. The Balaban J connectivity index is 1.46. The Kier molecular flexibility index (Phi) is 8.86. The maximum Gasteiger partial charge on any atom is 0.191 e. The number of nitrogens with zero attached hydrogens (tertiary/aromatic N) is 2. The first-order valence-electron chi connectivity index (χ1n) is 10.4. The number of morpholine rings is 1. The van der Waals surface area contributed by atoms with Crippen LogP contribution in [0.4, 0.5) is 0 Å². The maximum absolute atomic E-state index is 6.24. The van der Waals surface area contributed by atoms with Crippen molar-refractivity contribution in [3.63, 3.8) is 0 Å². The molecule has 1 saturated heterocycles. The van der Waals surface area contributed by atoms with Crippen molar-refractivity contribution in [3.8, 4) is 0 Å². The third-order valence-corrected chi connectivity index (χ3v) is 5.45. The zero-order valence-electron chi connectivity index (χ0n) is 16.8. The largest absolute Gasteiger partial charge is 0.381 e. The first-order valence-corrected chi connectivity index (χ1v) is 10.7. The summed E-state index contributed by atoms with van der Waals surface area (Å²) in [4.78, 5) is 6.80. The van der Waals surface area contributed by atoms with Gasteiger partial charge in [-0.05, 0) is 42.9 Å². The summed E-state index contributed by atoms with van der Waals surface area (Å²) in [5, 5.41) is 7.63. The third kappa shape index (κ3) is 7.24. The Bertz CT molecular complexity index is 618. The van der Waals surface area contributed by atoms with Crippen LogP contribution in [0.1, 0.15) is 30.9 Å². The van der Waals surface area contributed by atoms with Crippen LogP contribution in [-0.2, 0) is 9.47 Å². The molecule has 156 valence electrons. The fourth-order valence-corrected chi connectivity index (χ4v) is 3.59. The van der Waals surface area contributed by atoms with E-state index >= 15 is 0 Å². The van der Waals surface area contributed by atoms with Crippen molar-refractivity contribution in [1.29, 1.82) is 0 Å². The molecule has 2 aliphatic rings. The van der Waals surface area contributed by atoms with E-state index in [0.29, 0.717) is 0 Å². The van der Waals surface area contributed by atoms with E-state index < -0.39 is 0 Å². The molecule has 0 aromatic heterocycles. The van der Waals surface area contributed by atoms with Crippen molar-refractivity contribution in [2.45, 2.75) is 25.3 Å². The van der Waals surface area contributed by atoms with Crippen molar-refractivity contribution in [3.05, 3.63) is 34.9 Å². The average molecular weight is 409 g/mol. The lowest BCUT2D eigenvalue weighted by Crippen LogP contribution is -2.46. The molecular weight excluding hydrogens is 376 g/mol. The molecule has 1 aliphatic heterocycles. The summed E-state index contributed by atoms with van der Waals surface area (Å²) in [6.07, 6.45) is 3.66. The van der Waals surface area contributed by atoms with Crippen LogP contribution in [0.5, 0.6) is 0 Å². The monoisotopic (exact) mass is 408 g/mol. The number of hydrogen-bond donors (Lipinski definition) is 2. The van der Waals surface area contributed by atoms with Gasteiger partial charge in [-0.25, -0.2) is 0 Å². The maximum atomic E-state index is 6.24. The van der Waals surface area contributed by atoms with Gasteiger partial charge >= 0.3 is 0 Å². The highest BCUT2D eigenvalue weighted by Gasteiger charge is 2.23. The first-order chi connectivity index (χ1) is 13.8. The molecule has 0 bridgehead atoms. The van der Waals surface area contributed by atoms with E-state index in [1.54, 1.807) is 0 Å². The molecule has 1 atom stereocenters. The van der Waals surface area contributed by atoms with Gasteiger partial charge in [-0.1, -0.05) is 23.7 Å². The lowest BCUT2D eigenvalue weighted by atomic mass is 10.0. The van der Waals surface area contributed by atoms with Crippen molar-refractivity contribution in [2.24, 2.45) is 10.9 Å². The van der Waals surface area contributed by atoms with Crippen LogP contribution in [0, 0.1) is 5.92 Å². The first kappa shape index (κ1) is 21.4. The summed E-state index contributed by atoms with van der Waals surface area (Å²) in [5.41, 5.74) is 1.21. The SMILES string of the molecule is CN=C(NCCCOCC1CC1)NCC(c1cccc(Cl)c1)N1CCOCC1. The van der Waals surface area contributed by atoms with Crippen LogP contribution in [0.3, 0.4) is 0 Å². The number of guanidine groups is 1. The van der Waals surface area contributed by atoms with Crippen LogP contribution in [0.25, 0.3) is 0 Å².